The lowest BCUT2D eigenvalue weighted by atomic mass is 9.79. The number of rotatable bonds is 1. The third kappa shape index (κ3) is 1.94. The van der Waals surface area contributed by atoms with Crippen LogP contribution in [0.3, 0.4) is 0 Å². The summed E-state index contributed by atoms with van der Waals surface area (Å²) in [5.41, 5.74) is 3.74. The Kier molecular flexibility index (Phi) is 2.93. The molecule has 1 aliphatic carbocycles. The van der Waals surface area contributed by atoms with Crippen LogP contribution in [0.25, 0.3) is 0 Å². The number of hydrogen-bond acceptors (Lipinski definition) is 1. The van der Waals surface area contributed by atoms with Crippen molar-refractivity contribution in [2.24, 2.45) is 5.73 Å². The largest absolute Gasteiger partial charge is 0.328 e. The first-order valence-corrected chi connectivity index (χ1v) is 5.42. The summed E-state index contributed by atoms with van der Waals surface area (Å²) in [6.45, 7) is 0. The van der Waals surface area contributed by atoms with Crippen LogP contribution in [0.1, 0.15) is 31.2 Å². The Hall–Kier alpha value is -1.03. The van der Waals surface area contributed by atoms with Crippen LogP contribution in [0.4, 0.5) is 13.2 Å². The van der Waals surface area contributed by atoms with Crippen LogP contribution < -0.4 is 5.73 Å². The molecule has 1 fully saturated rings. The van der Waals surface area contributed by atoms with Gasteiger partial charge in [-0.1, -0.05) is 12.1 Å². The average Bonchev–Trinajstić information content (AvgIpc) is 2.27. The summed E-state index contributed by atoms with van der Waals surface area (Å²) in [5.74, 6) is -2.06. The monoisotopic (exact) mass is 229 g/mol. The topological polar surface area (TPSA) is 26.0 Å². The zero-order valence-electron chi connectivity index (χ0n) is 8.85. The van der Waals surface area contributed by atoms with Crippen LogP contribution in [-0.4, -0.2) is 6.04 Å². The minimum atomic E-state index is -1.76. The molecule has 1 nitrogen and oxygen atoms in total. The molecule has 1 aliphatic rings. The fraction of sp³-hybridized carbons (Fsp3) is 0.500. The second kappa shape index (κ2) is 4.09. The quantitative estimate of drug-likeness (QED) is 0.787. The predicted octanol–water partition coefficient (Wildman–Crippen LogP) is 3.03. The number of nitrogens with two attached hydrogens (primary N) is 1. The molecule has 1 saturated carbocycles. The molecule has 0 heterocycles. The molecule has 2 N–H and O–H groups in total. The molecular weight excluding hydrogens is 215 g/mol. The molecule has 88 valence electrons. The Morgan fingerprint density at radius 3 is 2.44 bits per heavy atom. The lowest BCUT2D eigenvalue weighted by Gasteiger charge is -2.33. The molecule has 2 rings (SSSR count). The Morgan fingerprint density at radius 1 is 1.19 bits per heavy atom. The number of halogens is 3. The van der Waals surface area contributed by atoms with E-state index in [1.807, 2.05) is 0 Å². The van der Waals surface area contributed by atoms with E-state index in [-0.39, 0.29) is 24.4 Å². The zero-order valence-corrected chi connectivity index (χ0v) is 8.85. The van der Waals surface area contributed by atoms with Gasteiger partial charge >= 0.3 is 0 Å². The summed E-state index contributed by atoms with van der Waals surface area (Å²) in [6, 6.07) is 3.62. The molecule has 0 saturated heterocycles. The van der Waals surface area contributed by atoms with Gasteiger partial charge in [-0.3, -0.25) is 0 Å². The van der Waals surface area contributed by atoms with Gasteiger partial charge in [-0.25, -0.2) is 13.2 Å². The van der Waals surface area contributed by atoms with Crippen molar-refractivity contribution in [1.29, 1.82) is 0 Å². The Bertz CT molecular complexity index is 384. The molecule has 0 aliphatic heterocycles. The molecule has 1 aromatic rings. The zero-order chi connectivity index (χ0) is 11.8. The number of alkyl halides is 1. The normalized spacial score (nSPS) is 30.4. The number of hydrogen-bond donors (Lipinski definition) is 1. The lowest BCUT2D eigenvalue weighted by Crippen LogP contribution is -2.34. The Labute approximate surface area is 92.5 Å². The average molecular weight is 229 g/mol. The maximum Gasteiger partial charge on any atom is 0.165 e. The molecule has 0 bridgehead atoms. The van der Waals surface area contributed by atoms with Crippen LogP contribution in [0.5, 0.6) is 0 Å². The van der Waals surface area contributed by atoms with Crippen LogP contribution in [-0.2, 0) is 5.67 Å². The van der Waals surface area contributed by atoms with E-state index in [0.717, 1.165) is 6.07 Å². The van der Waals surface area contributed by atoms with Gasteiger partial charge in [-0.2, -0.15) is 0 Å². The van der Waals surface area contributed by atoms with E-state index < -0.39 is 17.3 Å². The van der Waals surface area contributed by atoms with Gasteiger partial charge < -0.3 is 5.73 Å². The van der Waals surface area contributed by atoms with Crippen LogP contribution >= 0.6 is 0 Å². The lowest BCUT2D eigenvalue weighted by molar-refractivity contribution is 0.0926. The first-order valence-electron chi connectivity index (χ1n) is 5.42. The van der Waals surface area contributed by atoms with E-state index in [0.29, 0.717) is 12.8 Å². The molecule has 4 heteroatoms. The fourth-order valence-electron chi connectivity index (χ4n) is 2.22. The smallest absolute Gasteiger partial charge is 0.165 e. The summed E-state index contributed by atoms with van der Waals surface area (Å²) < 4.78 is 41.0. The van der Waals surface area contributed by atoms with Gasteiger partial charge in [0.05, 0.1) is 0 Å². The highest BCUT2D eigenvalue weighted by molar-refractivity contribution is 5.26. The van der Waals surface area contributed by atoms with Gasteiger partial charge in [0.1, 0.15) is 5.67 Å². The van der Waals surface area contributed by atoms with Crippen LogP contribution in [0.2, 0.25) is 0 Å². The third-order valence-electron chi connectivity index (χ3n) is 3.26. The van der Waals surface area contributed by atoms with E-state index in [2.05, 4.69) is 0 Å². The van der Waals surface area contributed by atoms with E-state index in [4.69, 9.17) is 5.73 Å². The van der Waals surface area contributed by atoms with E-state index in [9.17, 15) is 13.2 Å². The molecule has 0 radical (unpaired) electrons. The van der Waals surface area contributed by atoms with Crippen molar-refractivity contribution < 1.29 is 13.2 Å². The second-order valence-electron chi connectivity index (χ2n) is 4.40. The molecular formula is C12H14F3N. The van der Waals surface area contributed by atoms with Crippen molar-refractivity contribution in [3.05, 3.63) is 35.4 Å². The van der Waals surface area contributed by atoms with Crippen molar-refractivity contribution in [2.75, 3.05) is 0 Å². The molecule has 0 spiro atoms. The highest BCUT2D eigenvalue weighted by atomic mass is 19.2. The van der Waals surface area contributed by atoms with Crippen molar-refractivity contribution in [3.63, 3.8) is 0 Å². The molecule has 16 heavy (non-hydrogen) atoms. The second-order valence-corrected chi connectivity index (χ2v) is 4.40. The van der Waals surface area contributed by atoms with E-state index in [1.165, 1.54) is 12.1 Å². The predicted molar refractivity (Wildman–Crippen MR) is 55.6 cm³/mol. The number of benzene rings is 1. The van der Waals surface area contributed by atoms with Crippen LogP contribution in [0, 0.1) is 11.6 Å². The van der Waals surface area contributed by atoms with Crippen molar-refractivity contribution in [2.45, 2.75) is 37.4 Å². The Balaban J connectivity index is 2.32. The van der Waals surface area contributed by atoms with Crippen molar-refractivity contribution in [1.82, 2.24) is 0 Å². The van der Waals surface area contributed by atoms with Crippen LogP contribution in [0.15, 0.2) is 18.2 Å². The standard InChI is InChI=1S/C12H14F3N/c13-10-3-1-2-9(11(10)14)12(15)6-4-8(16)5-7-12/h1-3,8H,4-7,16H2. The van der Waals surface area contributed by atoms with Gasteiger partial charge in [-0.15, -0.1) is 0 Å². The van der Waals surface area contributed by atoms with E-state index in [1.54, 1.807) is 0 Å². The molecule has 0 unspecified atom stereocenters. The van der Waals surface area contributed by atoms with E-state index >= 15 is 0 Å². The fourth-order valence-corrected chi connectivity index (χ4v) is 2.22. The molecule has 0 aromatic heterocycles. The minimum absolute atomic E-state index is 0.0273. The van der Waals surface area contributed by atoms with Gasteiger partial charge in [-0.05, 0) is 31.7 Å². The Morgan fingerprint density at radius 2 is 1.81 bits per heavy atom. The summed E-state index contributed by atoms with van der Waals surface area (Å²) in [6.07, 6.45) is 1.34. The first-order chi connectivity index (χ1) is 7.53. The van der Waals surface area contributed by atoms with Gasteiger partial charge in [0.15, 0.2) is 11.6 Å². The first kappa shape index (κ1) is 11.5. The summed E-state index contributed by atoms with van der Waals surface area (Å²) in [5, 5.41) is 0. The summed E-state index contributed by atoms with van der Waals surface area (Å²) in [4.78, 5) is 0. The SMILES string of the molecule is NC1CCC(F)(c2cccc(F)c2F)CC1. The maximum absolute atomic E-state index is 14.5. The highest BCUT2D eigenvalue weighted by Crippen LogP contribution is 2.41. The third-order valence-corrected chi connectivity index (χ3v) is 3.26. The van der Waals surface area contributed by atoms with Gasteiger partial charge in [0.2, 0.25) is 0 Å². The van der Waals surface area contributed by atoms with Crippen molar-refractivity contribution >= 4 is 0 Å². The van der Waals surface area contributed by atoms with Gasteiger partial charge in [0.25, 0.3) is 0 Å². The maximum atomic E-state index is 14.5. The molecule has 0 atom stereocenters. The summed E-state index contributed by atoms with van der Waals surface area (Å²) in [7, 11) is 0. The minimum Gasteiger partial charge on any atom is -0.328 e. The van der Waals surface area contributed by atoms with Crippen molar-refractivity contribution in [3.8, 4) is 0 Å². The van der Waals surface area contributed by atoms with Gasteiger partial charge in [0, 0.05) is 11.6 Å². The molecule has 0 amide bonds. The highest BCUT2D eigenvalue weighted by Gasteiger charge is 2.38. The molecule has 1 aromatic carbocycles. The summed E-state index contributed by atoms with van der Waals surface area (Å²) >= 11 is 0.